The van der Waals surface area contributed by atoms with Crippen LogP contribution in [-0.4, -0.2) is 177 Å². The molecule has 1 saturated heterocycles. The number of esters is 1. The van der Waals surface area contributed by atoms with Crippen LogP contribution in [0.2, 0.25) is 0 Å². The van der Waals surface area contributed by atoms with Crippen molar-refractivity contribution in [2.24, 2.45) is 5.41 Å². The van der Waals surface area contributed by atoms with Gasteiger partial charge >= 0.3 is 5.97 Å². The summed E-state index contributed by atoms with van der Waals surface area (Å²) in [6.07, 6.45) is 6.90. The van der Waals surface area contributed by atoms with Crippen LogP contribution in [0.25, 0.3) is 10.8 Å². The van der Waals surface area contributed by atoms with Gasteiger partial charge in [-0.2, -0.15) is 0 Å². The van der Waals surface area contributed by atoms with Crippen molar-refractivity contribution in [2.75, 3.05) is 74.8 Å². The molecular formula is C68H90N6O14. The fraction of sp³-hybridized carbons (Fsp3) is 0.515. The first-order valence-electron chi connectivity index (χ1n) is 30.5. The van der Waals surface area contributed by atoms with Gasteiger partial charge in [-0.15, -0.1) is 0 Å². The minimum atomic E-state index is -1.46. The van der Waals surface area contributed by atoms with Crippen molar-refractivity contribution in [1.82, 2.24) is 30.2 Å². The monoisotopic (exact) mass is 1210 g/mol. The van der Waals surface area contributed by atoms with E-state index in [2.05, 4.69) is 10.6 Å². The van der Waals surface area contributed by atoms with Crippen LogP contribution in [0.3, 0.4) is 0 Å². The van der Waals surface area contributed by atoms with Gasteiger partial charge in [-0.3, -0.25) is 38.4 Å². The number of unbranched alkanes of at least 4 members (excludes halogenated alkanes) is 1. The maximum atomic E-state index is 15.1. The lowest BCUT2D eigenvalue weighted by Gasteiger charge is -2.36. The fourth-order valence-electron chi connectivity index (χ4n) is 10.9. The van der Waals surface area contributed by atoms with E-state index in [0.717, 1.165) is 27.5 Å². The smallest absolute Gasteiger partial charge is 0.330 e. The number of carbonyl (C=O) groups is 9. The summed E-state index contributed by atoms with van der Waals surface area (Å²) in [6, 6.07) is 21.5. The Bertz CT molecular complexity index is 3150. The molecule has 1 fully saturated rings. The molecule has 0 aliphatic carbocycles. The first-order valence-corrected chi connectivity index (χ1v) is 30.5. The number of Topliss-reactive ketones (excluding diaryl/α,β-unsaturated/α-hetero) is 2. The molecule has 6 amide bonds. The van der Waals surface area contributed by atoms with Crippen molar-refractivity contribution in [3.8, 4) is 17.2 Å². The minimum Gasteiger partial charge on any atom is -0.493 e. The molecule has 2 bridgehead atoms. The first kappa shape index (κ1) is 69.0. The summed E-state index contributed by atoms with van der Waals surface area (Å²) >= 11 is 0. The van der Waals surface area contributed by atoms with E-state index in [0.29, 0.717) is 62.2 Å². The third-order valence-corrected chi connectivity index (χ3v) is 16.3. The lowest BCUT2D eigenvalue weighted by Crippen LogP contribution is -2.59. The number of nitrogens with zero attached hydrogens (tertiary/aromatic N) is 4. The van der Waals surface area contributed by atoms with E-state index in [1.54, 1.807) is 53.2 Å². The summed E-state index contributed by atoms with van der Waals surface area (Å²) in [5.41, 5.74) is 0.178. The number of nitrogens with one attached hydrogen (secondary N) is 2. The summed E-state index contributed by atoms with van der Waals surface area (Å²) in [4.78, 5) is 133. The molecule has 2 N–H and O–H groups in total. The zero-order chi connectivity index (χ0) is 64.3. The summed E-state index contributed by atoms with van der Waals surface area (Å²) in [6.45, 7) is 9.07. The number of carbonyl (C=O) groups excluding carboxylic acids is 9. The molecule has 20 heteroatoms. The molecule has 20 nitrogen and oxygen atoms in total. The largest absolute Gasteiger partial charge is 0.493 e. The number of benzene rings is 4. The Balaban J connectivity index is 1.36. The van der Waals surface area contributed by atoms with Gasteiger partial charge in [0.1, 0.15) is 30.5 Å². The van der Waals surface area contributed by atoms with E-state index in [4.69, 9.17) is 23.7 Å². The van der Waals surface area contributed by atoms with Gasteiger partial charge in [0.25, 0.3) is 11.8 Å². The lowest BCUT2D eigenvalue weighted by molar-refractivity contribution is -0.156. The Morgan fingerprint density at radius 2 is 1.48 bits per heavy atom. The van der Waals surface area contributed by atoms with Crippen LogP contribution in [0.5, 0.6) is 17.2 Å². The Hall–Kier alpha value is -8.13. The Morgan fingerprint density at radius 1 is 0.750 bits per heavy atom. The number of amides is 6. The third-order valence-electron chi connectivity index (χ3n) is 16.3. The molecule has 4 aromatic rings. The molecule has 476 valence electrons. The van der Waals surface area contributed by atoms with Crippen LogP contribution < -0.4 is 24.8 Å². The maximum Gasteiger partial charge on any atom is 0.330 e. The molecule has 88 heavy (non-hydrogen) atoms. The molecule has 2 aliphatic rings. The predicted molar refractivity (Wildman–Crippen MR) is 334 cm³/mol. The molecule has 4 unspecified atom stereocenters. The average molecular weight is 1220 g/mol. The number of ketones is 2. The fourth-order valence-corrected chi connectivity index (χ4v) is 10.9. The van der Waals surface area contributed by atoms with Gasteiger partial charge in [0.15, 0.2) is 23.9 Å². The summed E-state index contributed by atoms with van der Waals surface area (Å²) in [5.74, 6) is -4.60. The van der Waals surface area contributed by atoms with Gasteiger partial charge in [-0.1, -0.05) is 86.5 Å². The van der Waals surface area contributed by atoms with Gasteiger partial charge in [0, 0.05) is 53.2 Å². The zero-order valence-corrected chi connectivity index (χ0v) is 53.1. The average Bonchev–Trinajstić information content (AvgIpc) is 1.80. The van der Waals surface area contributed by atoms with Gasteiger partial charge < -0.3 is 53.9 Å². The second kappa shape index (κ2) is 32.2. The molecule has 5 atom stereocenters. The van der Waals surface area contributed by atoms with Gasteiger partial charge in [-0.05, 0) is 137 Å². The number of piperidine rings is 1. The van der Waals surface area contributed by atoms with Gasteiger partial charge in [0.2, 0.25) is 29.4 Å². The molecule has 0 radical (unpaired) electrons. The second-order valence-electron chi connectivity index (χ2n) is 24.5. The topological polar surface area (TPSA) is 237 Å². The van der Waals surface area contributed by atoms with Crippen molar-refractivity contribution < 1.29 is 66.8 Å². The number of aryl methyl sites for hydroxylation is 1. The molecule has 0 saturated carbocycles. The Labute approximate surface area is 517 Å². The van der Waals surface area contributed by atoms with Crippen LogP contribution in [0.15, 0.2) is 97.1 Å². The molecule has 2 heterocycles. The first-order chi connectivity index (χ1) is 41.9. The molecule has 2 aliphatic heterocycles. The number of methoxy groups -OCH3 is 2. The van der Waals surface area contributed by atoms with Crippen LogP contribution in [0.4, 0.5) is 0 Å². The quantitative estimate of drug-likeness (QED) is 0.104. The molecular weight excluding hydrogens is 1120 g/mol. The van der Waals surface area contributed by atoms with Crippen LogP contribution >= 0.6 is 0 Å². The van der Waals surface area contributed by atoms with E-state index >= 15 is 4.79 Å². The number of fused-ring (bicyclic) bond motifs is 4. The number of hydrogen-bond acceptors (Lipinski definition) is 14. The highest BCUT2D eigenvalue weighted by molar-refractivity contribution is 6.38. The summed E-state index contributed by atoms with van der Waals surface area (Å²) in [5, 5.41) is 7.44. The van der Waals surface area contributed by atoms with Crippen molar-refractivity contribution in [3.63, 3.8) is 0 Å². The minimum absolute atomic E-state index is 0.00731. The molecule has 4 aromatic carbocycles. The normalized spacial score (nSPS) is 21.7. The van der Waals surface area contributed by atoms with Crippen LogP contribution in [-0.2, 0) is 65.5 Å². The maximum absolute atomic E-state index is 15.1. The highest BCUT2D eigenvalue weighted by Crippen LogP contribution is 2.34. The second-order valence-corrected chi connectivity index (χ2v) is 24.5. The molecule has 0 aromatic heterocycles. The van der Waals surface area contributed by atoms with E-state index in [9.17, 15) is 38.4 Å². The van der Waals surface area contributed by atoms with Crippen molar-refractivity contribution in [3.05, 3.63) is 114 Å². The SMILES string of the molecule is CCCCC1C(=O)NC(Cc2cccc3ccccc23)C(=O)N(C)C(COC(C)(C)C)C(=O)NCC(=O)N(C)CCC=CC(=O)OCC(C)(C)C(=O)C(=O)N2CCCCC2C(=O)C[C@H](CCc2ccc(OC)c(OC)c2)c2cccc(c2)OCC(=O)N1C. The zero-order valence-electron chi connectivity index (χ0n) is 53.1. The number of cyclic esters (lactones) is 1. The van der Waals surface area contributed by atoms with Crippen molar-refractivity contribution in [2.45, 2.75) is 148 Å². The third kappa shape index (κ3) is 19.2. The highest BCUT2D eigenvalue weighted by atomic mass is 16.5. The molecule has 6 rings (SSSR count). The number of rotatable bonds is 12. The van der Waals surface area contributed by atoms with E-state index < -0.39 is 108 Å². The Kier molecular flexibility index (Phi) is 25.2. The van der Waals surface area contributed by atoms with Crippen molar-refractivity contribution in [1.29, 1.82) is 0 Å². The standard InChI is InChI=1S/C68H90N6O14/c1-12-13-28-54-64(81)70-52(39-49-25-20-23-46-22-14-15-27-51(46)49)65(82)73(9)55(42-88-67(2,3)4)63(80)69-41-59(76)71(7)35-18-17-30-61(78)87-44-68(5,6)62(79)66(83)74-36-19-16-29-53(74)56(75)40-48(33-31-45-32-34-57(84-10)58(37-45)85-11)47-24-21-26-50(38-47)86-43-60(77)72(54)8/h14-15,17,20-27,30,32,34,37-38,48,52-55H,12-13,16,18-19,28-29,31,33,35-36,39-44H2,1-11H3,(H,69,80)(H,70,81)/t48-,52?,53?,54?,55?/m0/s1. The number of hydrogen-bond donors (Lipinski definition) is 2. The van der Waals surface area contributed by atoms with Gasteiger partial charge in [0.05, 0.1) is 44.4 Å². The highest BCUT2D eigenvalue weighted by Gasteiger charge is 2.42. The number of likely N-dealkylation sites (N-methyl/N-ethyl adjacent to an activating group) is 3. The molecule has 0 spiro atoms. The predicted octanol–water partition coefficient (Wildman–Crippen LogP) is 7.35. The Morgan fingerprint density at radius 3 is 2.20 bits per heavy atom. The van der Waals surface area contributed by atoms with Crippen LogP contribution in [0, 0.1) is 5.41 Å². The van der Waals surface area contributed by atoms with Gasteiger partial charge in [-0.25, -0.2) is 4.79 Å². The van der Waals surface area contributed by atoms with E-state index in [1.807, 2.05) is 73.7 Å². The van der Waals surface area contributed by atoms with Crippen LogP contribution in [0.1, 0.15) is 122 Å². The summed E-state index contributed by atoms with van der Waals surface area (Å²) < 4.78 is 28.9. The van der Waals surface area contributed by atoms with Crippen molar-refractivity contribution >= 4 is 63.8 Å². The summed E-state index contributed by atoms with van der Waals surface area (Å²) in [7, 11) is 7.59. The van der Waals surface area contributed by atoms with E-state index in [-0.39, 0.29) is 51.2 Å². The lowest BCUT2D eigenvalue weighted by atomic mass is 9.84. The van der Waals surface area contributed by atoms with E-state index in [1.165, 1.54) is 66.7 Å². The number of ether oxygens (including phenoxy) is 5.